The van der Waals surface area contributed by atoms with Crippen LogP contribution < -0.4 is 4.74 Å². The molecule has 0 saturated carbocycles. The third-order valence-electron chi connectivity index (χ3n) is 2.07. The van der Waals surface area contributed by atoms with Gasteiger partial charge in [-0.25, -0.2) is 4.21 Å². The fourth-order valence-electron chi connectivity index (χ4n) is 1.17. The lowest BCUT2D eigenvalue weighted by atomic mass is 10.2. The van der Waals surface area contributed by atoms with Crippen LogP contribution in [0.25, 0.3) is 0 Å². The van der Waals surface area contributed by atoms with E-state index in [4.69, 9.17) is 4.74 Å². The Morgan fingerprint density at radius 3 is 2.22 bits per heavy atom. The van der Waals surface area contributed by atoms with Gasteiger partial charge in [0.1, 0.15) is 16.7 Å². The summed E-state index contributed by atoms with van der Waals surface area (Å²) in [4.78, 5) is 0. The highest BCUT2D eigenvalue weighted by atomic mass is 32.2. The minimum absolute atomic E-state index is 0.165. The third-order valence-corrected chi connectivity index (χ3v) is 3.42. The van der Waals surface area contributed by atoms with Crippen LogP contribution in [0.1, 0.15) is 40.2 Å². The maximum Gasteiger partial charge on any atom is 0.144 e. The molecule has 1 rings (SSSR count). The van der Waals surface area contributed by atoms with Crippen molar-refractivity contribution in [2.75, 3.05) is 0 Å². The molecule has 0 heterocycles. The van der Waals surface area contributed by atoms with Crippen LogP contribution in [0.2, 0.25) is 0 Å². The van der Waals surface area contributed by atoms with Gasteiger partial charge in [-0.15, -0.1) is 0 Å². The van der Waals surface area contributed by atoms with Crippen molar-refractivity contribution in [3.8, 4) is 5.75 Å². The van der Waals surface area contributed by atoms with Crippen LogP contribution in [0.5, 0.6) is 5.75 Å². The summed E-state index contributed by atoms with van der Waals surface area (Å²) < 4.78 is 21.0. The van der Waals surface area contributed by atoms with Gasteiger partial charge in [-0.3, -0.25) is 0 Å². The zero-order valence-corrected chi connectivity index (χ0v) is 12.5. The highest BCUT2D eigenvalue weighted by Gasteiger charge is 2.17. The van der Waals surface area contributed by atoms with Crippen LogP contribution in [0.4, 0.5) is 0 Å². The minimum atomic E-state index is -1.21. The number of ether oxygens (including phenoxy) is 1. The second kappa shape index (κ2) is 6.14. The van der Waals surface area contributed by atoms with Gasteiger partial charge in [-0.05, 0) is 64.4 Å². The number of hydrogen-bond acceptors (Lipinski definition) is 2. The van der Waals surface area contributed by atoms with Crippen molar-refractivity contribution in [3.63, 3.8) is 0 Å². The van der Waals surface area contributed by atoms with Gasteiger partial charge in [0.25, 0.3) is 0 Å². The molecule has 4 heteroatoms. The van der Waals surface area contributed by atoms with Crippen LogP contribution in [0.3, 0.4) is 0 Å². The third kappa shape index (κ3) is 5.00. The average Bonchev–Trinajstić information content (AvgIpc) is 2.25. The zero-order valence-electron chi connectivity index (χ0n) is 11.6. The molecule has 18 heavy (non-hydrogen) atoms. The number of nitrogens with zero attached hydrogens (tertiary/aromatic N) is 1. The summed E-state index contributed by atoms with van der Waals surface area (Å²) in [7, 11) is -1.21. The molecule has 0 unspecified atom stereocenters. The summed E-state index contributed by atoms with van der Waals surface area (Å²) >= 11 is 0. The molecular formula is C14H21NO2S. The van der Waals surface area contributed by atoms with Crippen LogP contribution in [0, 0.1) is 0 Å². The summed E-state index contributed by atoms with van der Waals surface area (Å²) in [6.45, 7) is 9.68. The van der Waals surface area contributed by atoms with Gasteiger partial charge in [0.2, 0.25) is 0 Å². The van der Waals surface area contributed by atoms with E-state index in [0.717, 1.165) is 11.3 Å². The lowest BCUT2D eigenvalue weighted by Crippen LogP contribution is -2.19. The second-order valence-electron chi connectivity index (χ2n) is 5.33. The maximum absolute atomic E-state index is 11.7. The van der Waals surface area contributed by atoms with Crippen molar-refractivity contribution in [1.82, 2.24) is 0 Å². The summed E-state index contributed by atoms with van der Waals surface area (Å²) in [6.07, 6.45) is 1.80. The Hall–Kier alpha value is -1.16. The summed E-state index contributed by atoms with van der Waals surface area (Å²) in [5, 5.41) is 0. The Morgan fingerprint density at radius 2 is 1.78 bits per heavy atom. The average molecular weight is 267 g/mol. The van der Waals surface area contributed by atoms with E-state index in [1.54, 1.807) is 6.21 Å². The molecule has 0 N–H and O–H groups in total. The van der Waals surface area contributed by atoms with Gasteiger partial charge in [-0.2, -0.15) is 4.40 Å². The standard InChI is InChI=1S/C14H21NO2S/c1-11(2)17-13-8-6-12(7-9-13)10-15-18(16)14(3,4)5/h6-11H,1-5H3/t18-/m1/s1. The van der Waals surface area contributed by atoms with Crippen LogP contribution in [-0.4, -0.2) is 21.3 Å². The fraction of sp³-hybridized carbons (Fsp3) is 0.500. The van der Waals surface area contributed by atoms with Gasteiger partial charge >= 0.3 is 0 Å². The first-order valence-corrected chi connectivity index (χ1v) is 7.12. The molecule has 3 nitrogen and oxygen atoms in total. The predicted molar refractivity (Wildman–Crippen MR) is 77.7 cm³/mol. The molecule has 0 radical (unpaired) electrons. The molecule has 0 aliphatic rings. The van der Waals surface area contributed by atoms with Gasteiger partial charge in [-0.1, -0.05) is 0 Å². The molecular weight excluding hydrogens is 246 g/mol. The first-order chi connectivity index (χ1) is 8.29. The lowest BCUT2D eigenvalue weighted by molar-refractivity contribution is 0.242. The smallest absolute Gasteiger partial charge is 0.144 e. The van der Waals surface area contributed by atoms with Crippen molar-refractivity contribution < 1.29 is 8.95 Å². The van der Waals surface area contributed by atoms with E-state index in [2.05, 4.69) is 4.40 Å². The summed E-state index contributed by atoms with van der Waals surface area (Å²) in [5.41, 5.74) is 0.920. The normalized spacial score (nSPS) is 14.1. The van der Waals surface area contributed by atoms with Crippen LogP contribution >= 0.6 is 0 Å². The fourth-order valence-corrected chi connectivity index (χ4v) is 1.71. The van der Waals surface area contributed by atoms with Crippen LogP contribution in [0.15, 0.2) is 28.7 Å². The zero-order chi connectivity index (χ0) is 13.8. The molecule has 0 bridgehead atoms. The minimum Gasteiger partial charge on any atom is -0.491 e. The van der Waals surface area contributed by atoms with E-state index in [1.165, 1.54) is 0 Å². The SMILES string of the molecule is CC(C)Oc1ccc(C=N[S@](=O)C(C)(C)C)cc1. The summed E-state index contributed by atoms with van der Waals surface area (Å²) in [5.74, 6) is 0.832. The molecule has 1 aromatic carbocycles. The molecule has 0 aromatic heterocycles. The Balaban J connectivity index is 2.69. The van der Waals surface area contributed by atoms with Gasteiger partial charge in [0.05, 0.1) is 10.9 Å². The van der Waals surface area contributed by atoms with Crippen molar-refractivity contribution in [2.24, 2.45) is 4.40 Å². The maximum atomic E-state index is 11.7. The molecule has 0 spiro atoms. The monoisotopic (exact) mass is 267 g/mol. The first kappa shape index (κ1) is 14.9. The van der Waals surface area contributed by atoms with E-state index in [9.17, 15) is 4.21 Å². The predicted octanol–water partition coefficient (Wildman–Crippen LogP) is 3.35. The highest BCUT2D eigenvalue weighted by molar-refractivity contribution is 7.85. The summed E-state index contributed by atoms with van der Waals surface area (Å²) in [6, 6.07) is 7.59. The number of rotatable bonds is 4. The molecule has 1 aromatic rings. The molecule has 0 fully saturated rings. The van der Waals surface area contributed by atoms with Gasteiger partial charge in [0.15, 0.2) is 0 Å². The van der Waals surface area contributed by atoms with Gasteiger partial charge < -0.3 is 4.74 Å². The second-order valence-corrected chi connectivity index (χ2v) is 7.27. The van der Waals surface area contributed by atoms with Crippen molar-refractivity contribution in [1.29, 1.82) is 0 Å². The number of benzene rings is 1. The van der Waals surface area contributed by atoms with Crippen molar-refractivity contribution in [2.45, 2.75) is 45.5 Å². The molecule has 1 atom stereocenters. The quantitative estimate of drug-likeness (QED) is 0.785. The Kier molecular flexibility index (Phi) is 5.08. The molecule has 100 valence electrons. The van der Waals surface area contributed by atoms with E-state index in [-0.39, 0.29) is 10.9 Å². The van der Waals surface area contributed by atoms with Gasteiger partial charge in [0, 0.05) is 6.21 Å². The molecule has 0 saturated heterocycles. The number of hydrogen-bond donors (Lipinski definition) is 0. The Morgan fingerprint density at radius 1 is 1.22 bits per heavy atom. The van der Waals surface area contributed by atoms with E-state index in [1.807, 2.05) is 58.9 Å². The molecule has 0 aliphatic heterocycles. The van der Waals surface area contributed by atoms with Crippen LogP contribution in [-0.2, 0) is 11.0 Å². The molecule has 0 amide bonds. The lowest BCUT2D eigenvalue weighted by Gasteiger charge is -2.12. The largest absolute Gasteiger partial charge is 0.491 e. The van der Waals surface area contributed by atoms with E-state index < -0.39 is 11.0 Å². The van der Waals surface area contributed by atoms with E-state index in [0.29, 0.717) is 0 Å². The Bertz CT molecular complexity index is 430. The highest BCUT2D eigenvalue weighted by Crippen LogP contribution is 2.14. The van der Waals surface area contributed by atoms with Crippen molar-refractivity contribution in [3.05, 3.63) is 29.8 Å². The Labute approximate surface area is 112 Å². The van der Waals surface area contributed by atoms with Crippen molar-refractivity contribution >= 4 is 17.2 Å². The van der Waals surface area contributed by atoms with E-state index >= 15 is 0 Å². The topological polar surface area (TPSA) is 38.7 Å². The first-order valence-electron chi connectivity index (χ1n) is 6.02. The molecule has 0 aliphatic carbocycles.